The van der Waals surface area contributed by atoms with E-state index in [2.05, 4.69) is 0 Å². The molecule has 20 heavy (non-hydrogen) atoms. The van der Waals surface area contributed by atoms with Gasteiger partial charge in [-0.2, -0.15) is 48.3 Å². The third-order valence-corrected chi connectivity index (χ3v) is 2.29. The minimum atomic E-state index is -7.54. The van der Waals surface area contributed by atoms with Crippen LogP contribution in [0, 0.1) is 0 Å². The van der Waals surface area contributed by atoms with Gasteiger partial charge in [0, 0.05) is 0 Å². The van der Waals surface area contributed by atoms with Crippen molar-refractivity contribution >= 4 is 0 Å². The molecule has 122 valence electrons. The molecule has 13 heteroatoms. The van der Waals surface area contributed by atoms with Crippen molar-refractivity contribution in [2.45, 2.75) is 42.6 Å². The summed E-state index contributed by atoms with van der Waals surface area (Å²) in [6, 6.07) is 0. The molecule has 1 nitrogen and oxygen atoms in total. The molecule has 0 amide bonds. The average molecular weight is 332 g/mol. The smallest absolute Gasteiger partial charge is 0.331 e. The van der Waals surface area contributed by atoms with Crippen LogP contribution < -0.4 is 0 Å². The molecule has 0 bridgehead atoms. The van der Waals surface area contributed by atoms with E-state index >= 15 is 0 Å². The van der Waals surface area contributed by atoms with Gasteiger partial charge in [0.25, 0.3) is 5.67 Å². The lowest BCUT2D eigenvalue weighted by Crippen LogP contribution is -2.70. The molecule has 0 aromatic carbocycles. The van der Waals surface area contributed by atoms with Gasteiger partial charge in [0.2, 0.25) is 0 Å². The van der Waals surface area contributed by atoms with Crippen molar-refractivity contribution in [1.82, 2.24) is 0 Å². The molecule has 1 N–H and O–H groups in total. The van der Waals surface area contributed by atoms with Gasteiger partial charge in [0.15, 0.2) is 0 Å². The molecule has 0 aliphatic rings. The minimum absolute atomic E-state index is 1.23. The van der Waals surface area contributed by atoms with Crippen molar-refractivity contribution in [3.63, 3.8) is 0 Å². The molecular weight excluding hydrogens is 328 g/mol. The van der Waals surface area contributed by atoms with Gasteiger partial charge in [-0.15, -0.1) is 0 Å². The number of aliphatic hydroxyl groups is 1. The van der Waals surface area contributed by atoms with Crippen molar-refractivity contribution in [1.29, 1.82) is 0 Å². The van der Waals surface area contributed by atoms with Crippen LogP contribution in [-0.4, -0.2) is 40.8 Å². The van der Waals surface area contributed by atoms with Crippen LogP contribution >= 0.6 is 0 Å². The predicted molar refractivity (Wildman–Crippen MR) is 37.6 cm³/mol. The first-order chi connectivity index (χ1) is 8.25. The average Bonchev–Trinajstić information content (AvgIpc) is 2.12. The Balaban J connectivity index is 6.08. The van der Waals surface area contributed by atoms with Gasteiger partial charge in [0.1, 0.15) is 0 Å². The Morgan fingerprint density at radius 2 is 0.850 bits per heavy atom. The summed E-state index contributed by atoms with van der Waals surface area (Å²) in [5.74, 6) is -22.2. The van der Waals surface area contributed by atoms with Crippen LogP contribution in [-0.2, 0) is 0 Å². The molecule has 0 heterocycles. The molecule has 0 radical (unpaired) electrons. The van der Waals surface area contributed by atoms with E-state index < -0.39 is 42.6 Å². The molecule has 0 aliphatic heterocycles. The highest BCUT2D eigenvalue weighted by atomic mass is 19.4. The van der Waals surface area contributed by atoms with E-state index in [0.717, 1.165) is 0 Å². The second kappa shape index (κ2) is 4.31. The fraction of sp³-hybridized carbons (Fsp3) is 1.00. The third kappa shape index (κ3) is 2.29. The maximum Gasteiger partial charge on any atom is 0.428 e. The van der Waals surface area contributed by atoms with E-state index in [0.29, 0.717) is 0 Å². The monoisotopic (exact) mass is 332 g/mol. The Bertz CT molecular complexity index is 325. The van der Waals surface area contributed by atoms with Gasteiger partial charge in [-0.05, 0) is 6.92 Å². The zero-order valence-electron chi connectivity index (χ0n) is 8.98. The van der Waals surface area contributed by atoms with Crippen molar-refractivity contribution in [3.05, 3.63) is 0 Å². The summed E-state index contributed by atoms with van der Waals surface area (Å²) in [7, 11) is 0. The van der Waals surface area contributed by atoms with Gasteiger partial charge in [-0.25, -0.2) is 4.39 Å². The zero-order valence-corrected chi connectivity index (χ0v) is 8.98. The van der Waals surface area contributed by atoms with E-state index in [1.165, 1.54) is 0 Å². The molecule has 1 atom stereocenters. The Morgan fingerprint density at radius 1 is 0.550 bits per heavy atom. The Kier molecular flexibility index (Phi) is 4.12. The maximum absolute atomic E-state index is 12.8. The fourth-order valence-corrected chi connectivity index (χ4v) is 0.859. The molecule has 0 saturated heterocycles. The summed E-state index contributed by atoms with van der Waals surface area (Å²) in [6.45, 7) is -1.23. The Labute approximate surface area is 102 Å². The van der Waals surface area contributed by atoms with Gasteiger partial charge >= 0.3 is 30.1 Å². The number of halogens is 12. The summed E-state index contributed by atoms with van der Waals surface area (Å²) in [5, 5.41) is 7.41. The lowest BCUT2D eigenvalue weighted by atomic mass is 9.89. The number of hydrogen-bond acceptors (Lipinski definition) is 1. The number of alkyl halides is 12. The van der Waals surface area contributed by atoms with E-state index in [1.807, 2.05) is 0 Å². The molecule has 0 aromatic heterocycles. The standard InChI is InChI=1S/C7H4F12O/c1-2(8,6(15,16)17)3(9,10)4(11,12)5(13,14)7(18,19)20/h20H,1H3. The first-order valence-corrected chi connectivity index (χ1v) is 4.24. The van der Waals surface area contributed by atoms with Crippen molar-refractivity contribution < 1.29 is 57.8 Å². The van der Waals surface area contributed by atoms with Crippen LogP contribution in [0.15, 0.2) is 0 Å². The molecule has 1 unspecified atom stereocenters. The summed E-state index contributed by atoms with van der Waals surface area (Å²) >= 11 is 0. The van der Waals surface area contributed by atoms with Crippen molar-refractivity contribution in [3.8, 4) is 0 Å². The SMILES string of the molecule is CC(F)(C(F)(F)F)C(F)(F)C(F)(F)C(F)(F)C(O)(F)F. The van der Waals surface area contributed by atoms with Gasteiger partial charge in [0.05, 0.1) is 0 Å². The van der Waals surface area contributed by atoms with E-state index in [-0.39, 0.29) is 0 Å². The normalized spacial score (nSPS) is 18.9. The highest BCUT2D eigenvalue weighted by Crippen LogP contribution is 2.58. The Hall–Kier alpha value is -0.880. The zero-order chi connectivity index (χ0) is 17.0. The van der Waals surface area contributed by atoms with Crippen molar-refractivity contribution in [2.75, 3.05) is 0 Å². The maximum atomic E-state index is 12.8. The molecule has 0 fully saturated rings. The molecule has 0 aromatic rings. The van der Waals surface area contributed by atoms with Gasteiger partial charge < -0.3 is 5.11 Å². The Morgan fingerprint density at radius 3 is 1.05 bits per heavy atom. The second-order valence-corrected chi connectivity index (χ2v) is 3.77. The topological polar surface area (TPSA) is 20.2 Å². The summed E-state index contributed by atoms with van der Waals surface area (Å²) in [5.41, 5.74) is -6.27. The fourth-order valence-electron chi connectivity index (χ4n) is 0.859. The molecule has 0 aliphatic carbocycles. The van der Waals surface area contributed by atoms with Crippen LogP contribution in [0.2, 0.25) is 0 Å². The van der Waals surface area contributed by atoms with Gasteiger partial charge in [-0.3, -0.25) is 0 Å². The van der Waals surface area contributed by atoms with Crippen LogP contribution in [0.1, 0.15) is 6.92 Å². The molecule has 0 saturated carbocycles. The summed E-state index contributed by atoms with van der Waals surface area (Å²) < 4.78 is 147. The second-order valence-electron chi connectivity index (χ2n) is 3.77. The lowest BCUT2D eigenvalue weighted by Gasteiger charge is -2.40. The summed E-state index contributed by atoms with van der Waals surface area (Å²) in [6.07, 6.45) is -13.6. The largest absolute Gasteiger partial charge is 0.428 e. The number of rotatable bonds is 4. The molecular formula is C7H4F12O. The van der Waals surface area contributed by atoms with E-state index in [9.17, 15) is 52.7 Å². The van der Waals surface area contributed by atoms with Crippen LogP contribution in [0.4, 0.5) is 52.7 Å². The van der Waals surface area contributed by atoms with E-state index in [1.54, 1.807) is 0 Å². The molecule has 0 rings (SSSR count). The van der Waals surface area contributed by atoms with Crippen LogP contribution in [0.5, 0.6) is 0 Å². The van der Waals surface area contributed by atoms with Gasteiger partial charge in [-0.1, -0.05) is 0 Å². The minimum Gasteiger partial charge on any atom is -0.331 e. The van der Waals surface area contributed by atoms with Crippen LogP contribution in [0.3, 0.4) is 0 Å². The molecule has 0 spiro atoms. The lowest BCUT2D eigenvalue weighted by molar-refractivity contribution is -0.442. The predicted octanol–water partition coefficient (Wildman–Crippen LogP) is 3.77. The van der Waals surface area contributed by atoms with Crippen LogP contribution in [0.25, 0.3) is 0 Å². The first kappa shape index (κ1) is 19.1. The highest BCUT2D eigenvalue weighted by molar-refractivity contribution is 5.10. The van der Waals surface area contributed by atoms with E-state index in [4.69, 9.17) is 5.11 Å². The first-order valence-electron chi connectivity index (χ1n) is 4.24. The number of hydrogen-bond donors (Lipinski definition) is 1. The summed E-state index contributed by atoms with van der Waals surface area (Å²) in [4.78, 5) is 0. The highest BCUT2D eigenvalue weighted by Gasteiger charge is 2.88. The van der Waals surface area contributed by atoms with Crippen molar-refractivity contribution in [2.24, 2.45) is 0 Å². The quantitative estimate of drug-likeness (QED) is 0.777. The third-order valence-electron chi connectivity index (χ3n) is 2.29.